The van der Waals surface area contributed by atoms with E-state index in [1.165, 1.54) is 23.3 Å². The van der Waals surface area contributed by atoms with Gasteiger partial charge in [0.2, 0.25) is 0 Å². The number of carbonyl (C=O) groups excluding carboxylic acids is 1. The summed E-state index contributed by atoms with van der Waals surface area (Å²) in [5.41, 5.74) is 1.54. The van der Waals surface area contributed by atoms with Crippen LogP contribution in [0.3, 0.4) is 0 Å². The van der Waals surface area contributed by atoms with E-state index in [1.807, 2.05) is 27.8 Å². The summed E-state index contributed by atoms with van der Waals surface area (Å²) in [6.45, 7) is 5.72. The molecule has 1 heterocycles. The SMILES string of the molecule is CNc1sc2c(c1C(=O)OC(C)(C)C)CCCC2. The molecular weight excluding hydrogens is 246 g/mol. The van der Waals surface area contributed by atoms with Gasteiger partial charge in [0, 0.05) is 11.9 Å². The molecule has 18 heavy (non-hydrogen) atoms. The molecule has 3 nitrogen and oxygen atoms in total. The first-order chi connectivity index (χ1) is 8.42. The van der Waals surface area contributed by atoms with Crippen LogP contribution in [-0.2, 0) is 17.6 Å². The molecule has 1 N–H and O–H groups in total. The van der Waals surface area contributed by atoms with E-state index in [-0.39, 0.29) is 5.97 Å². The number of hydrogen-bond acceptors (Lipinski definition) is 4. The molecule has 4 heteroatoms. The highest BCUT2D eigenvalue weighted by Crippen LogP contribution is 2.38. The first kappa shape index (κ1) is 13.4. The number of thiophene rings is 1. The first-order valence-corrected chi connectivity index (χ1v) is 7.29. The average molecular weight is 267 g/mol. The van der Waals surface area contributed by atoms with Gasteiger partial charge < -0.3 is 10.1 Å². The fourth-order valence-electron chi connectivity index (χ4n) is 2.29. The Kier molecular flexibility index (Phi) is 3.66. The van der Waals surface area contributed by atoms with Crippen LogP contribution in [0.25, 0.3) is 0 Å². The van der Waals surface area contributed by atoms with E-state index in [4.69, 9.17) is 4.74 Å². The van der Waals surface area contributed by atoms with Crippen LogP contribution in [-0.4, -0.2) is 18.6 Å². The predicted molar refractivity (Wildman–Crippen MR) is 75.7 cm³/mol. The summed E-state index contributed by atoms with van der Waals surface area (Å²) in [7, 11) is 1.87. The lowest BCUT2D eigenvalue weighted by molar-refractivity contribution is 0.00698. The number of rotatable bonds is 2. The van der Waals surface area contributed by atoms with Crippen LogP contribution in [0.2, 0.25) is 0 Å². The maximum Gasteiger partial charge on any atom is 0.341 e. The minimum atomic E-state index is -0.439. The summed E-state index contributed by atoms with van der Waals surface area (Å²) < 4.78 is 5.52. The maximum absolute atomic E-state index is 12.3. The lowest BCUT2D eigenvalue weighted by Crippen LogP contribution is -2.25. The molecule has 0 saturated carbocycles. The van der Waals surface area contributed by atoms with Crippen LogP contribution < -0.4 is 5.32 Å². The van der Waals surface area contributed by atoms with Gasteiger partial charge >= 0.3 is 5.97 Å². The lowest BCUT2D eigenvalue weighted by Gasteiger charge is -2.21. The van der Waals surface area contributed by atoms with E-state index < -0.39 is 5.60 Å². The summed E-state index contributed by atoms with van der Waals surface area (Å²) >= 11 is 1.70. The zero-order valence-corrected chi connectivity index (χ0v) is 12.4. The standard InChI is InChI=1S/C14H21NO2S/c1-14(2,3)17-13(16)11-9-7-5-6-8-10(9)18-12(11)15-4/h15H,5-8H2,1-4H3. The zero-order chi connectivity index (χ0) is 13.3. The monoisotopic (exact) mass is 267 g/mol. The number of esters is 1. The highest BCUT2D eigenvalue weighted by atomic mass is 32.1. The van der Waals surface area contributed by atoms with E-state index in [2.05, 4.69) is 5.32 Å². The van der Waals surface area contributed by atoms with Crippen molar-refractivity contribution in [3.63, 3.8) is 0 Å². The largest absolute Gasteiger partial charge is 0.456 e. The van der Waals surface area contributed by atoms with Gasteiger partial charge in [-0.1, -0.05) is 0 Å². The Hall–Kier alpha value is -1.03. The average Bonchev–Trinajstić information content (AvgIpc) is 2.64. The van der Waals surface area contributed by atoms with E-state index in [0.717, 1.165) is 23.4 Å². The Bertz CT molecular complexity index is 457. The minimum Gasteiger partial charge on any atom is -0.456 e. The van der Waals surface area contributed by atoms with E-state index in [1.54, 1.807) is 11.3 Å². The van der Waals surface area contributed by atoms with Gasteiger partial charge in [-0.05, 0) is 52.0 Å². The van der Waals surface area contributed by atoms with Crippen LogP contribution in [0.4, 0.5) is 5.00 Å². The van der Waals surface area contributed by atoms with Gasteiger partial charge in [-0.3, -0.25) is 0 Å². The number of fused-ring (bicyclic) bond motifs is 1. The Morgan fingerprint density at radius 2 is 1.94 bits per heavy atom. The van der Waals surface area contributed by atoms with Crippen molar-refractivity contribution in [2.24, 2.45) is 0 Å². The maximum atomic E-state index is 12.3. The molecule has 0 radical (unpaired) electrons. The molecule has 1 aromatic heterocycles. The van der Waals surface area contributed by atoms with E-state index >= 15 is 0 Å². The fraction of sp³-hybridized carbons (Fsp3) is 0.643. The van der Waals surface area contributed by atoms with Crippen LogP contribution in [0, 0.1) is 0 Å². The van der Waals surface area contributed by atoms with Crippen molar-refractivity contribution in [1.82, 2.24) is 0 Å². The van der Waals surface area contributed by atoms with E-state index in [0.29, 0.717) is 0 Å². The molecule has 100 valence electrons. The fourth-order valence-corrected chi connectivity index (χ4v) is 3.52. The molecular formula is C14H21NO2S. The highest BCUT2D eigenvalue weighted by Gasteiger charge is 2.28. The third-order valence-corrected chi connectivity index (χ3v) is 4.31. The number of anilines is 1. The summed E-state index contributed by atoms with van der Waals surface area (Å²) in [5, 5.41) is 4.09. The summed E-state index contributed by atoms with van der Waals surface area (Å²) in [4.78, 5) is 13.7. The molecule has 0 amide bonds. The van der Waals surface area contributed by atoms with Crippen LogP contribution in [0.5, 0.6) is 0 Å². The van der Waals surface area contributed by atoms with Gasteiger partial charge in [0.25, 0.3) is 0 Å². The summed E-state index contributed by atoms with van der Waals surface area (Å²) in [5.74, 6) is -0.189. The predicted octanol–water partition coefficient (Wildman–Crippen LogP) is 3.62. The van der Waals surface area contributed by atoms with Gasteiger partial charge in [0.15, 0.2) is 0 Å². The topological polar surface area (TPSA) is 38.3 Å². The third-order valence-electron chi connectivity index (χ3n) is 3.00. The second-order valence-corrected chi connectivity index (χ2v) is 6.77. The Morgan fingerprint density at radius 3 is 2.56 bits per heavy atom. The van der Waals surface area contributed by atoms with Crippen molar-refractivity contribution in [2.75, 3.05) is 12.4 Å². The van der Waals surface area contributed by atoms with Gasteiger partial charge in [-0.15, -0.1) is 11.3 Å². The minimum absolute atomic E-state index is 0.189. The molecule has 0 fully saturated rings. The number of nitrogens with one attached hydrogen (secondary N) is 1. The van der Waals surface area contributed by atoms with Crippen molar-refractivity contribution in [1.29, 1.82) is 0 Å². The molecule has 0 unspecified atom stereocenters. The van der Waals surface area contributed by atoms with Crippen LogP contribution >= 0.6 is 11.3 Å². The molecule has 1 aliphatic rings. The van der Waals surface area contributed by atoms with Crippen molar-refractivity contribution >= 4 is 22.3 Å². The summed E-state index contributed by atoms with van der Waals surface area (Å²) in [6, 6.07) is 0. The number of carbonyl (C=O) groups is 1. The Morgan fingerprint density at radius 1 is 1.28 bits per heavy atom. The molecule has 2 rings (SSSR count). The van der Waals surface area contributed by atoms with Gasteiger partial charge in [-0.25, -0.2) is 4.79 Å². The smallest absolute Gasteiger partial charge is 0.341 e. The normalized spacial score (nSPS) is 15.1. The van der Waals surface area contributed by atoms with Crippen LogP contribution in [0.1, 0.15) is 54.4 Å². The molecule has 0 spiro atoms. The van der Waals surface area contributed by atoms with Crippen molar-refractivity contribution in [3.8, 4) is 0 Å². The first-order valence-electron chi connectivity index (χ1n) is 6.48. The lowest BCUT2D eigenvalue weighted by atomic mass is 9.95. The molecule has 1 aromatic rings. The van der Waals surface area contributed by atoms with Crippen molar-refractivity contribution in [2.45, 2.75) is 52.1 Å². The van der Waals surface area contributed by atoms with E-state index in [9.17, 15) is 4.79 Å². The molecule has 0 aliphatic heterocycles. The van der Waals surface area contributed by atoms with Gasteiger partial charge in [-0.2, -0.15) is 0 Å². The number of ether oxygens (including phenoxy) is 1. The second-order valence-electron chi connectivity index (χ2n) is 5.67. The van der Waals surface area contributed by atoms with Crippen molar-refractivity contribution < 1.29 is 9.53 Å². The zero-order valence-electron chi connectivity index (χ0n) is 11.6. The van der Waals surface area contributed by atoms with Crippen molar-refractivity contribution in [3.05, 3.63) is 16.0 Å². The molecule has 0 atom stereocenters. The Balaban J connectivity index is 2.36. The van der Waals surface area contributed by atoms with Crippen LogP contribution in [0.15, 0.2) is 0 Å². The summed E-state index contributed by atoms with van der Waals surface area (Å²) in [6.07, 6.45) is 4.49. The third kappa shape index (κ3) is 2.69. The highest BCUT2D eigenvalue weighted by molar-refractivity contribution is 7.16. The number of aryl methyl sites for hydroxylation is 1. The van der Waals surface area contributed by atoms with Gasteiger partial charge in [0.05, 0.1) is 5.56 Å². The number of hydrogen-bond donors (Lipinski definition) is 1. The molecule has 0 saturated heterocycles. The second kappa shape index (κ2) is 4.92. The van der Waals surface area contributed by atoms with Gasteiger partial charge in [0.1, 0.15) is 10.6 Å². The molecule has 0 bridgehead atoms. The molecule has 0 aromatic carbocycles. The molecule has 1 aliphatic carbocycles. The Labute approximate surface area is 113 Å². The quantitative estimate of drug-likeness (QED) is 0.832.